The predicted molar refractivity (Wildman–Crippen MR) is 84.8 cm³/mol. The van der Waals surface area contributed by atoms with E-state index in [2.05, 4.69) is 24.1 Å². The van der Waals surface area contributed by atoms with E-state index < -0.39 is 0 Å². The average Bonchev–Trinajstić information content (AvgIpc) is 2.88. The van der Waals surface area contributed by atoms with E-state index in [0.717, 1.165) is 16.5 Å². The highest BCUT2D eigenvalue weighted by molar-refractivity contribution is 7.09. The molecule has 5 heteroatoms. The number of aromatic nitrogens is 1. The molecule has 1 amide bonds. The van der Waals surface area contributed by atoms with E-state index in [1.807, 2.05) is 24.4 Å². The van der Waals surface area contributed by atoms with E-state index in [1.54, 1.807) is 23.5 Å². The first-order chi connectivity index (χ1) is 10.0. The number of carbonyl (C=O) groups excluding carboxylic acids is 1. The van der Waals surface area contributed by atoms with Gasteiger partial charge in [-0.05, 0) is 31.0 Å². The standard InChI is InChI=1S/C16H20N2O2S/c1-11(2)9-20-14-6-4-5-13(7-14)16(19)17-8-15-18-12(3)10-21-15/h4-7,10-11H,8-9H2,1-3H3,(H,17,19). The highest BCUT2D eigenvalue weighted by atomic mass is 32.1. The highest BCUT2D eigenvalue weighted by Crippen LogP contribution is 2.15. The second kappa shape index (κ2) is 7.22. The second-order valence-corrected chi connectivity index (χ2v) is 6.24. The van der Waals surface area contributed by atoms with Crippen molar-refractivity contribution >= 4 is 17.2 Å². The molecule has 0 spiro atoms. The summed E-state index contributed by atoms with van der Waals surface area (Å²) < 4.78 is 5.63. The third kappa shape index (κ3) is 4.86. The van der Waals surface area contributed by atoms with Gasteiger partial charge < -0.3 is 10.1 Å². The summed E-state index contributed by atoms with van der Waals surface area (Å²) in [5.74, 6) is 1.06. The molecule has 0 aliphatic heterocycles. The molecule has 1 N–H and O–H groups in total. The van der Waals surface area contributed by atoms with Gasteiger partial charge >= 0.3 is 0 Å². The fourth-order valence-corrected chi connectivity index (χ4v) is 2.44. The van der Waals surface area contributed by atoms with Crippen LogP contribution in [0, 0.1) is 12.8 Å². The van der Waals surface area contributed by atoms with Crippen molar-refractivity contribution in [2.45, 2.75) is 27.3 Å². The van der Waals surface area contributed by atoms with E-state index in [4.69, 9.17) is 4.74 Å². The Kier molecular flexibility index (Phi) is 5.33. The van der Waals surface area contributed by atoms with Crippen LogP contribution in [0.1, 0.15) is 34.9 Å². The summed E-state index contributed by atoms with van der Waals surface area (Å²) in [6, 6.07) is 7.25. The summed E-state index contributed by atoms with van der Waals surface area (Å²) in [4.78, 5) is 16.4. The minimum Gasteiger partial charge on any atom is -0.493 e. The number of thiazole rings is 1. The van der Waals surface area contributed by atoms with Crippen LogP contribution in [0.15, 0.2) is 29.6 Å². The Hall–Kier alpha value is -1.88. The molecule has 0 atom stereocenters. The minimum absolute atomic E-state index is 0.113. The fourth-order valence-electron chi connectivity index (χ4n) is 1.73. The number of rotatable bonds is 6. The molecule has 0 bridgehead atoms. The van der Waals surface area contributed by atoms with Gasteiger partial charge in [-0.25, -0.2) is 4.98 Å². The summed E-state index contributed by atoms with van der Waals surface area (Å²) in [6.45, 7) is 7.22. The zero-order valence-electron chi connectivity index (χ0n) is 12.6. The number of benzene rings is 1. The van der Waals surface area contributed by atoms with Gasteiger partial charge in [-0.15, -0.1) is 11.3 Å². The van der Waals surface area contributed by atoms with E-state index in [-0.39, 0.29) is 5.91 Å². The summed E-state index contributed by atoms with van der Waals surface area (Å²) in [5.41, 5.74) is 1.58. The molecule has 0 saturated heterocycles. The summed E-state index contributed by atoms with van der Waals surface area (Å²) in [5, 5.41) is 5.76. The van der Waals surface area contributed by atoms with Crippen LogP contribution in [-0.2, 0) is 6.54 Å². The van der Waals surface area contributed by atoms with E-state index in [0.29, 0.717) is 24.6 Å². The maximum absolute atomic E-state index is 12.1. The van der Waals surface area contributed by atoms with Crippen LogP contribution >= 0.6 is 11.3 Å². The smallest absolute Gasteiger partial charge is 0.251 e. The van der Waals surface area contributed by atoms with Crippen molar-refractivity contribution in [2.75, 3.05) is 6.61 Å². The molecule has 0 aliphatic carbocycles. The molecule has 2 aromatic rings. The van der Waals surface area contributed by atoms with E-state index in [9.17, 15) is 4.79 Å². The molecule has 4 nitrogen and oxygen atoms in total. The Bertz CT molecular complexity index is 608. The number of carbonyl (C=O) groups is 1. The number of hydrogen-bond donors (Lipinski definition) is 1. The number of hydrogen-bond acceptors (Lipinski definition) is 4. The number of nitrogens with zero attached hydrogens (tertiary/aromatic N) is 1. The largest absolute Gasteiger partial charge is 0.493 e. The van der Waals surface area contributed by atoms with Crippen LogP contribution < -0.4 is 10.1 Å². The maximum Gasteiger partial charge on any atom is 0.251 e. The van der Waals surface area contributed by atoms with Crippen LogP contribution in [0.3, 0.4) is 0 Å². The normalized spacial score (nSPS) is 10.7. The molecule has 0 saturated carbocycles. The Morgan fingerprint density at radius 1 is 1.43 bits per heavy atom. The third-order valence-electron chi connectivity index (χ3n) is 2.75. The lowest BCUT2D eigenvalue weighted by atomic mass is 10.2. The molecule has 0 radical (unpaired) electrons. The van der Waals surface area contributed by atoms with E-state index >= 15 is 0 Å². The zero-order chi connectivity index (χ0) is 15.2. The highest BCUT2D eigenvalue weighted by Gasteiger charge is 2.08. The monoisotopic (exact) mass is 304 g/mol. The molecule has 0 unspecified atom stereocenters. The molecule has 0 aliphatic rings. The Morgan fingerprint density at radius 2 is 2.24 bits per heavy atom. The van der Waals surface area contributed by atoms with Crippen molar-refractivity contribution in [3.8, 4) is 5.75 Å². The van der Waals surface area contributed by atoms with Gasteiger partial charge in [-0.1, -0.05) is 19.9 Å². The first-order valence-corrected chi connectivity index (χ1v) is 7.84. The maximum atomic E-state index is 12.1. The Balaban J connectivity index is 1.93. The van der Waals surface area contributed by atoms with Crippen molar-refractivity contribution in [3.05, 3.63) is 45.9 Å². The number of aryl methyl sites for hydroxylation is 1. The van der Waals surface area contributed by atoms with Crippen LogP contribution in [-0.4, -0.2) is 17.5 Å². The average molecular weight is 304 g/mol. The van der Waals surface area contributed by atoms with Gasteiger partial charge in [0.05, 0.1) is 13.2 Å². The molecule has 112 valence electrons. The van der Waals surface area contributed by atoms with Gasteiger partial charge in [0.2, 0.25) is 0 Å². The molecule has 1 aromatic carbocycles. The van der Waals surface area contributed by atoms with Crippen LogP contribution in [0.2, 0.25) is 0 Å². The first-order valence-electron chi connectivity index (χ1n) is 6.96. The van der Waals surface area contributed by atoms with Crippen LogP contribution in [0.4, 0.5) is 0 Å². The van der Waals surface area contributed by atoms with E-state index in [1.165, 1.54) is 0 Å². The van der Waals surface area contributed by atoms with Crippen molar-refractivity contribution in [1.29, 1.82) is 0 Å². The third-order valence-corrected chi connectivity index (χ3v) is 3.71. The molecular formula is C16H20N2O2S. The van der Waals surface area contributed by atoms with Gasteiger partial charge in [-0.3, -0.25) is 4.79 Å². The van der Waals surface area contributed by atoms with Gasteiger partial charge in [0.25, 0.3) is 5.91 Å². The van der Waals surface area contributed by atoms with Gasteiger partial charge in [0.15, 0.2) is 0 Å². The van der Waals surface area contributed by atoms with Crippen molar-refractivity contribution in [3.63, 3.8) is 0 Å². The lowest BCUT2D eigenvalue weighted by Gasteiger charge is -2.10. The minimum atomic E-state index is -0.113. The molecule has 21 heavy (non-hydrogen) atoms. The molecule has 1 heterocycles. The number of ether oxygens (including phenoxy) is 1. The quantitative estimate of drug-likeness (QED) is 0.889. The Morgan fingerprint density at radius 3 is 2.90 bits per heavy atom. The van der Waals surface area contributed by atoms with Gasteiger partial charge in [0, 0.05) is 16.6 Å². The lowest BCUT2D eigenvalue weighted by molar-refractivity contribution is 0.0950. The van der Waals surface area contributed by atoms with Crippen LogP contribution in [0.5, 0.6) is 5.75 Å². The molecule has 0 fully saturated rings. The topological polar surface area (TPSA) is 51.2 Å². The zero-order valence-corrected chi connectivity index (χ0v) is 13.4. The molecule has 1 aromatic heterocycles. The second-order valence-electron chi connectivity index (χ2n) is 5.30. The van der Waals surface area contributed by atoms with Crippen molar-refractivity contribution < 1.29 is 9.53 Å². The van der Waals surface area contributed by atoms with Gasteiger partial charge in [-0.2, -0.15) is 0 Å². The summed E-state index contributed by atoms with van der Waals surface area (Å²) in [6.07, 6.45) is 0. The number of nitrogens with one attached hydrogen (secondary N) is 1. The molecule has 2 rings (SSSR count). The first kappa shape index (κ1) is 15.5. The van der Waals surface area contributed by atoms with Crippen LogP contribution in [0.25, 0.3) is 0 Å². The summed E-state index contributed by atoms with van der Waals surface area (Å²) >= 11 is 1.55. The lowest BCUT2D eigenvalue weighted by Crippen LogP contribution is -2.22. The number of amides is 1. The SMILES string of the molecule is Cc1csc(CNC(=O)c2cccc(OCC(C)C)c2)n1. The van der Waals surface area contributed by atoms with Gasteiger partial charge in [0.1, 0.15) is 10.8 Å². The van der Waals surface area contributed by atoms with Crippen molar-refractivity contribution in [2.24, 2.45) is 5.92 Å². The van der Waals surface area contributed by atoms with Crippen molar-refractivity contribution in [1.82, 2.24) is 10.3 Å². The summed E-state index contributed by atoms with van der Waals surface area (Å²) in [7, 11) is 0. The molecular weight excluding hydrogens is 284 g/mol. The Labute approximate surface area is 129 Å². The fraction of sp³-hybridized carbons (Fsp3) is 0.375. The predicted octanol–water partition coefficient (Wildman–Crippen LogP) is 3.42.